The lowest BCUT2D eigenvalue weighted by Crippen LogP contribution is -2.59. The summed E-state index contributed by atoms with van der Waals surface area (Å²) < 4.78 is 70.7. The van der Waals surface area contributed by atoms with E-state index < -0.39 is 53.1 Å². The molecule has 3 aliphatic carbocycles. The van der Waals surface area contributed by atoms with Crippen LogP contribution in [-0.4, -0.2) is 44.6 Å². The van der Waals surface area contributed by atoms with Crippen LogP contribution in [0.4, 0.5) is 27.6 Å². The van der Waals surface area contributed by atoms with Crippen molar-refractivity contribution in [3.63, 3.8) is 0 Å². The number of benzene rings is 1. The van der Waals surface area contributed by atoms with E-state index in [4.69, 9.17) is 0 Å². The number of anilines is 1. The van der Waals surface area contributed by atoms with Crippen LogP contribution in [0, 0.1) is 22.1 Å². The molecular weight excluding hydrogens is 595 g/mol. The molecule has 6 rings (SSSR count). The van der Waals surface area contributed by atoms with E-state index in [0.29, 0.717) is 24.0 Å². The Labute approximate surface area is 257 Å². The first kappa shape index (κ1) is 31.4. The number of aromatic nitrogens is 4. The molecule has 0 atom stereocenters. The molecule has 0 saturated heterocycles. The lowest BCUT2D eigenvalue weighted by Gasteiger charge is -2.66. The molecule has 1 spiro atoms. The summed E-state index contributed by atoms with van der Waals surface area (Å²) in [6.07, 6.45) is 2.98. The van der Waals surface area contributed by atoms with Crippen LogP contribution in [-0.2, 0) is 25.6 Å². The van der Waals surface area contributed by atoms with E-state index in [-0.39, 0.29) is 28.6 Å². The normalized spacial score (nSPS) is 20.4. The Morgan fingerprint density at radius 1 is 1.09 bits per heavy atom. The number of alkyl halides is 4. The highest BCUT2D eigenvalue weighted by molar-refractivity contribution is 6.04. The zero-order valence-electron chi connectivity index (χ0n) is 25.5. The summed E-state index contributed by atoms with van der Waals surface area (Å²) in [5, 5.41) is 13.9. The third-order valence-electron chi connectivity index (χ3n) is 9.77. The van der Waals surface area contributed by atoms with Crippen molar-refractivity contribution in [3.8, 4) is 0 Å². The van der Waals surface area contributed by atoms with E-state index in [1.54, 1.807) is 12.4 Å². The van der Waals surface area contributed by atoms with Crippen molar-refractivity contribution in [1.29, 1.82) is 0 Å². The SMILES string of the molecule is Cn1cnnc1C1(c2ccc(F)c(NC(=O)c3cc(CNCC4(CF)CC4)cn(CC(F)(F)F)c3=O)c2)CC2(CC(C)(C)C2)C1. The predicted molar refractivity (Wildman–Crippen MR) is 157 cm³/mol. The first-order chi connectivity index (χ1) is 21.1. The van der Waals surface area contributed by atoms with Crippen molar-refractivity contribution in [2.45, 2.75) is 77.1 Å². The molecule has 45 heavy (non-hydrogen) atoms. The molecule has 2 heterocycles. The summed E-state index contributed by atoms with van der Waals surface area (Å²) in [5.74, 6) is -1.07. The van der Waals surface area contributed by atoms with Crippen LogP contribution in [0.3, 0.4) is 0 Å². The molecule has 3 fully saturated rings. The minimum absolute atomic E-state index is 0.0167. The van der Waals surface area contributed by atoms with Crippen molar-refractivity contribution >= 4 is 11.6 Å². The molecule has 13 heteroatoms. The first-order valence-electron chi connectivity index (χ1n) is 15.1. The molecule has 1 aromatic carbocycles. The number of pyridine rings is 1. The van der Waals surface area contributed by atoms with Gasteiger partial charge in [-0.1, -0.05) is 19.9 Å². The van der Waals surface area contributed by atoms with Gasteiger partial charge >= 0.3 is 6.18 Å². The van der Waals surface area contributed by atoms with Crippen LogP contribution in [0.25, 0.3) is 0 Å². The highest BCUT2D eigenvalue weighted by Crippen LogP contribution is 2.71. The standard InChI is InChI=1S/C32H37F5N6O2/c1-28(2)12-30(13-28)14-31(15-30,27-41-39-19-42(27)3)21-4-5-23(34)24(9-21)40-25(44)22-8-20(10-38-17-29(16-33)6-7-29)11-43(26(22)45)18-32(35,36)37/h4-5,8-9,11,19,38H,6-7,10,12-18H2,1-3H3,(H,40,44). The second kappa shape index (κ2) is 10.7. The van der Waals surface area contributed by atoms with Gasteiger partial charge in [0, 0.05) is 31.7 Å². The highest BCUT2D eigenvalue weighted by Gasteiger charge is 2.64. The molecule has 3 aliphatic rings. The molecule has 3 aromatic rings. The second-order valence-corrected chi connectivity index (χ2v) is 14.4. The maximum Gasteiger partial charge on any atom is 0.406 e. The van der Waals surface area contributed by atoms with Crippen LogP contribution < -0.4 is 16.2 Å². The van der Waals surface area contributed by atoms with E-state index in [1.807, 2.05) is 11.6 Å². The predicted octanol–water partition coefficient (Wildman–Crippen LogP) is 5.66. The Kier molecular flexibility index (Phi) is 7.49. The first-order valence-corrected chi connectivity index (χ1v) is 15.1. The third kappa shape index (κ3) is 6.03. The summed E-state index contributed by atoms with van der Waals surface area (Å²) in [7, 11) is 1.84. The van der Waals surface area contributed by atoms with Crippen molar-refractivity contribution < 1.29 is 26.7 Å². The summed E-state index contributed by atoms with van der Waals surface area (Å²) in [6.45, 7) is 2.68. The maximum atomic E-state index is 15.2. The maximum absolute atomic E-state index is 15.2. The number of aryl methyl sites for hydroxylation is 1. The lowest BCUT2D eigenvalue weighted by atomic mass is 9.38. The molecule has 2 aromatic heterocycles. The average Bonchev–Trinajstić information content (AvgIpc) is 3.58. The fourth-order valence-electron chi connectivity index (χ4n) is 8.05. The topological polar surface area (TPSA) is 93.8 Å². The van der Waals surface area contributed by atoms with Gasteiger partial charge in [0.15, 0.2) is 0 Å². The van der Waals surface area contributed by atoms with Gasteiger partial charge in [-0.15, -0.1) is 10.2 Å². The summed E-state index contributed by atoms with van der Waals surface area (Å²) in [4.78, 5) is 26.5. The van der Waals surface area contributed by atoms with Gasteiger partial charge < -0.3 is 19.8 Å². The zero-order chi connectivity index (χ0) is 32.4. The summed E-state index contributed by atoms with van der Waals surface area (Å²) in [6, 6.07) is 5.61. The van der Waals surface area contributed by atoms with Crippen molar-refractivity contribution in [2.24, 2.45) is 23.3 Å². The Bertz CT molecular complexity index is 1670. The molecule has 0 radical (unpaired) electrons. The molecule has 0 bridgehead atoms. The van der Waals surface area contributed by atoms with Crippen molar-refractivity contribution in [1.82, 2.24) is 24.6 Å². The summed E-state index contributed by atoms with van der Waals surface area (Å²) in [5.41, 5.74) is -1.62. The van der Waals surface area contributed by atoms with Gasteiger partial charge in [-0.25, -0.2) is 4.39 Å². The van der Waals surface area contributed by atoms with Crippen molar-refractivity contribution in [2.75, 3.05) is 18.5 Å². The number of halogens is 5. The Morgan fingerprint density at radius 3 is 2.38 bits per heavy atom. The Hall–Kier alpha value is -3.61. The molecule has 8 nitrogen and oxygen atoms in total. The second-order valence-electron chi connectivity index (χ2n) is 14.4. The minimum Gasteiger partial charge on any atom is -0.320 e. The lowest BCUT2D eigenvalue weighted by molar-refractivity contribution is -0.141. The fourth-order valence-corrected chi connectivity index (χ4v) is 8.05. The minimum atomic E-state index is -4.72. The summed E-state index contributed by atoms with van der Waals surface area (Å²) >= 11 is 0. The average molecular weight is 633 g/mol. The van der Waals surface area contributed by atoms with Gasteiger partial charge in [-0.05, 0) is 78.7 Å². The van der Waals surface area contributed by atoms with Gasteiger partial charge in [-0.2, -0.15) is 13.2 Å². The van der Waals surface area contributed by atoms with Crippen LogP contribution in [0.2, 0.25) is 0 Å². The Morgan fingerprint density at radius 2 is 1.80 bits per heavy atom. The third-order valence-corrected chi connectivity index (χ3v) is 9.77. The highest BCUT2D eigenvalue weighted by atomic mass is 19.4. The van der Waals surface area contributed by atoms with Gasteiger partial charge in [0.1, 0.15) is 30.1 Å². The molecule has 242 valence electrons. The van der Waals surface area contributed by atoms with Gasteiger partial charge in [-0.3, -0.25) is 14.0 Å². The fraction of sp³-hybridized carbons (Fsp3) is 0.562. The molecule has 3 saturated carbocycles. The number of rotatable bonds is 10. The van der Waals surface area contributed by atoms with E-state index in [9.17, 15) is 27.2 Å². The quantitative estimate of drug-likeness (QED) is 0.282. The van der Waals surface area contributed by atoms with Crippen LogP contribution >= 0.6 is 0 Å². The molecule has 0 aliphatic heterocycles. The number of hydrogen-bond donors (Lipinski definition) is 2. The smallest absolute Gasteiger partial charge is 0.320 e. The van der Waals surface area contributed by atoms with E-state index >= 15 is 4.39 Å². The van der Waals surface area contributed by atoms with E-state index in [0.717, 1.165) is 43.3 Å². The number of nitrogens with one attached hydrogen (secondary N) is 2. The van der Waals surface area contributed by atoms with Crippen LogP contribution in [0.5, 0.6) is 0 Å². The number of carbonyl (C=O) groups is 1. The van der Waals surface area contributed by atoms with Crippen LogP contribution in [0.15, 0.2) is 41.6 Å². The number of carbonyl (C=O) groups excluding carboxylic acids is 1. The number of amides is 1. The molecule has 0 unspecified atom stereocenters. The van der Waals surface area contributed by atoms with E-state index in [1.165, 1.54) is 18.2 Å². The van der Waals surface area contributed by atoms with Gasteiger partial charge in [0.2, 0.25) is 0 Å². The monoisotopic (exact) mass is 632 g/mol. The molecule has 1 amide bonds. The number of nitrogens with zero attached hydrogens (tertiary/aromatic N) is 4. The van der Waals surface area contributed by atoms with E-state index in [2.05, 4.69) is 34.7 Å². The van der Waals surface area contributed by atoms with Crippen molar-refractivity contribution in [3.05, 3.63) is 75.5 Å². The van der Waals surface area contributed by atoms with Gasteiger partial charge in [0.25, 0.3) is 11.5 Å². The molecular formula is C32H37F5N6O2. The van der Waals surface area contributed by atoms with Gasteiger partial charge in [0.05, 0.1) is 17.8 Å². The van der Waals surface area contributed by atoms with Crippen LogP contribution in [0.1, 0.15) is 79.7 Å². The molecule has 2 N–H and O–H groups in total. The largest absolute Gasteiger partial charge is 0.406 e. The number of hydrogen-bond acceptors (Lipinski definition) is 5. The zero-order valence-corrected chi connectivity index (χ0v) is 25.5. The Balaban J connectivity index is 1.29.